The largest absolute Gasteiger partial charge is 0.573 e. The summed E-state index contributed by atoms with van der Waals surface area (Å²) in [5.41, 5.74) is 0.287. The molecule has 0 saturated carbocycles. The number of anilines is 1. The summed E-state index contributed by atoms with van der Waals surface area (Å²) >= 11 is 7.96. The normalized spacial score (nSPS) is 11.4. The number of hydrogen-bond acceptors (Lipinski definition) is 3. The van der Waals surface area contributed by atoms with Crippen LogP contribution >= 0.6 is 43.2 Å². The van der Waals surface area contributed by atoms with E-state index in [1.165, 1.54) is 23.5 Å². The third-order valence-corrected chi connectivity index (χ3v) is 4.44. The lowest BCUT2D eigenvalue weighted by molar-refractivity contribution is -0.274. The van der Waals surface area contributed by atoms with Gasteiger partial charge in [-0.25, -0.2) is 0 Å². The van der Waals surface area contributed by atoms with Gasteiger partial charge in [0.05, 0.1) is 5.69 Å². The van der Waals surface area contributed by atoms with E-state index in [9.17, 15) is 13.2 Å². The maximum Gasteiger partial charge on any atom is 0.573 e. The van der Waals surface area contributed by atoms with Crippen LogP contribution in [0.15, 0.2) is 38.6 Å². The average Bonchev–Trinajstić information content (AvgIpc) is 2.72. The Morgan fingerprint density at radius 1 is 1.15 bits per heavy atom. The molecule has 0 bridgehead atoms. The summed E-state index contributed by atoms with van der Waals surface area (Å²) in [6, 6.07) is 6.37. The van der Waals surface area contributed by atoms with Crippen molar-refractivity contribution in [3.8, 4) is 5.75 Å². The number of rotatable bonds is 4. The number of hydrogen-bond donors (Lipinski definition) is 1. The van der Waals surface area contributed by atoms with Crippen LogP contribution in [0.2, 0.25) is 0 Å². The van der Waals surface area contributed by atoms with Gasteiger partial charge in [0.15, 0.2) is 5.75 Å². The number of benzene rings is 1. The lowest BCUT2D eigenvalue weighted by atomic mass is 10.3. The summed E-state index contributed by atoms with van der Waals surface area (Å²) in [7, 11) is 0. The van der Waals surface area contributed by atoms with Crippen molar-refractivity contribution in [3.63, 3.8) is 0 Å². The Labute approximate surface area is 134 Å². The molecule has 2 aromatic rings. The number of alkyl halides is 3. The van der Waals surface area contributed by atoms with Gasteiger partial charge < -0.3 is 10.1 Å². The Morgan fingerprint density at radius 2 is 1.90 bits per heavy atom. The van der Waals surface area contributed by atoms with Gasteiger partial charge in [0.2, 0.25) is 0 Å². The second-order valence-electron chi connectivity index (χ2n) is 3.77. The molecule has 0 amide bonds. The van der Waals surface area contributed by atoms with E-state index in [1.54, 1.807) is 6.07 Å². The molecule has 0 fully saturated rings. The number of thiophene rings is 1. The molecule has 1 aromatic heterocycles. The van der Waals surface area contributed by atoms with E-state index >= 15 is 0 Å². The lowest BCUT2D eigenvalue weighted by Gasteiger charge is -2.14. The van der Waals surface area contributed by atoms with Crippen LogP contribution in [0, 0.1) is 0 Å². The first-order valence-electron chi connectivity index (χ1n) is 5.35. The highest BCUT2D eigenvalue weighted by molar-refractivity contribution is 9.10. The van der Waals surface area contributed by atoms with Crippen molar-refractivity contribution in [3.05, 3.63) is 43.5 Å². The molecule has 0 aliphatic carbocycles. The number of ether oxygens (including phenoxy) is 1. The predicted molar refractivity (Wildman–Crippen MR) is 80.2 cm³/mol. The Bertz CT molecular complexity index is 601. The summed E-state index contributed by atoms with van der Waals surface area (Å²) < 4.78 is 42.5. The van der Waals surface area contributed by atoms with Crippen molar-refractivity contribution in [1.29, 1.82) is 0 Å². The minimum Gasteiger partial charge on any atom is -0.404 e. The van der Waals surface area contributed by atoms with Gasteiger partial charge in [-0.15, -0.1) is 24.5 Å². The first-order valence-corrected chi connectivity index (χ1v) is 7.82. The highest BCUT2D eigenvalue weighted by Gasteiger charge is 2.32. The van der Waals surface area contributed by atoms with Crippen LogP contribution in [-0.4, -0.2) is 6.36 Å². The van der Waals surface area contributed by atoms with Crippen LogP contribution in [0.5, 0.6) is 5.75 Å². The maximum atomic E-state index is 12.4. The average molecular weight is 431 g/mol. The molecule has 0 unspecified atom stereocenters. The summed E-state index contributed by atoms with van der Waals surface area (Å²) in [6.45, 7) is 0.423. The Balaban J connectivity index is 2.14. The van der Waals surface area contributed by atoms with Crippen LogP contribution in [0.1, 0.15) is 4.88 Å². The maximum absolute atomic E-state index is 12.4. The molecule has 1 heterocycles. The number of halogens is 5. The monoisotopic (exact) mass is 429 g/mol. The first kappa shape index (κ1) is 15.7. The Morgan fingerprint density at radius 3 is 2.50 bits per heavy atom. The molecule has 1 aromatic carbocycles. The van der Waals surface area contributed by atoms with E-state index in [1.807, 2.05) is 11.4 Å². The zero-order valence-corrected chi connectivity index (χ0v) is 13.8. The minimum absolute atomic E-state index is 0.262. The van der Waals surface area contributed by atoms with Crippen molar-refractivity contribution < 1.29 is 17.9 Å². The second-order valence-corrected chi connectivity index (χ2v) is 6.60. The van der Waals surface area contributed by atoms with Crippen LogP contribution in [0.25, 0.3) is 0 Å². The van der Waals surface area contributed by atoms with Gasteiger partial charge in [0.1, 0.15) is 0 Å². The fourth-order valence-electron chi connectivity index (χ4n) is 1.48. The van der Waals surface area contributed by atoms with E-state index in [0.29, 0.717) is 11.0 Å². The van der Waals surface area contributed by atoms with Crippen LogP contribution < -0.4 is 10.1 Å². The van der Waals surface area contributed by atoms with Crippen LogP contribution in [-0.2, 0) is 6.54 Å². The van der Waals surface area contributed by atoms with Gasteiger partial charge in [-0.05, 0) is 40.2 Å². The van der Waals surface area contributed by atoms with Gasteiger partial charge in [0.25, 0.3) is 0 Å². The SMILES string of the molecule is FC(F)(F)Oc1cc(Br)ccc1NCc1cc(Br)cs1. The molecule has 0 saturated heterocycles. The fourth-order valence-corrected chi connectivity index (χ4v) is 3.21. The summed E-state index contributed by atoms with van der Waals surface area (Å²) in [5.74, 6) is -0.262. The zero-order valence-electron chi connectivity index (χ0n) is 9.80. The van der Waals surface area contributed by atoms with Gasteiger partial charge >= 0.3 is 6.36 Å². The van der Waals surface area contributed by atoms with Gasteiger partial charge in [-0.2, -0.15) is 0 Å². The lowest BCUT2D eigenvalue weighted by Crippen LogP contribution is -2.18. The Hall–Kier alpha value is -0.730. The molecule has 0 radical (unpaired) electrons. The standard InChI is InChI=1S/C12H8Br2F3NOS/c13-7-1-2-10(11(4-7)19-12(15,16)17)18-5-9-3-8(14)6-20-9/h1-4,6,18H,5H2. The smallest absolute Gasteiger partial charge is 0.404 e. The van der Waals surface area contributed by atoms with E-state index in [-0.39, 0.29) is 11.4 Å². The van der Waals surface area contributed by atoms with Crippen molar-refractivity contribution >= 4 is 48.9 Å². The molecule has 108 valence electrons. The Kier molecular flexibility index (Phi) is 4.98. The highest BCUT2D eigenvalue weighted by atomic mass is 79.9. The summed E-state index contributed by atoms with van der Waals surface area (Å²) in [4.78, 5) is 0.998. The van der Waals surface area contributed by atoms with E-state index in [0.717, 1.165) is 9.35 Å². The number of nitrogens with one attached hydrogen (secondary N) is 1. The van der Waals surface area contributed by atoms with Gasteiger partial charge in [-0.3, -0.25) is 0 Å². The molecule has 8 heteroatoms. The molecule has 2 rings (SSSR count). The fraction of sp³-hybridized carbons (Fsp3) is 0.167. The molecule has 0 aliphatic heterocycles. The molecule has 0 atom stereocenters. The molecule has 1 N–H and O–H groups in total. The van der Waals surface area contributed by atoms with Crippen LogP contribution in [0.4, 0.5) is 18.9 Å². The molecule has 2 nitrogen and oxygen atoms in total. The second kappa shape index (κ2) is 6.36. The molecular formula is C12H8Br2F3NOS. The summed E-state index contributed by atoms with van der Waals surface area (Å²) in [5, 5.41) is 4.84. The van der Waals surface area contributed by atoms with E-state index in [2.05, 4.69) is 41.9 Å². The van der Waals surface area contributed by atoms with Gasteiger partial charge in [-0.1, -0.05) is 15.9 Å². The molecule has 0 aliphatic rings. The zero-order chi connectivity index (χ0) is 14.8. The third-order valence-electron chi connectivity index (χ3n) is 2.24. The first-order chi connectivity index (χ1) is 9.33. The van der Waals surface area contributed by atoms with Crippen molar-refractivity contribution in [1.82, 2.24) is 0 Å². The van der Waals surface area contributed by atoms with E-state index < -0.39 is 6.36 Å². The van der Waals surface area contributed by atoms with Crippen LogP contribution in [0.3, 0.4) is 0 Å². The van der Waals surface area contributed by atoms with E-state index in [4.69, 9.17) is 0 Å². The van der Waals surface area contributed by atoms with Crippen molar-refractivity contribution in [2.45, 2.75) is 12.9 Å². The minimum atomic E-state index is -4.72. The predicted octanol–water partition coefficient (Wildman–Crippen LogP) is 5.78. The summed E-state index contributed by atoms with van der Waals surface area (Å²) in [6.07, 6.45) is -4.72. The van der Waals surface area contributed by atoms with Crippen molar-refractivity contribution in [2.24, 2.45) is 0 Å². The molecular weight excluding hydrogens is 423 g/mol. The van der Waals surface area contributed by atoms with Crippen molar-refractivity contribution in [2.75, 3.05) is 5.32 Å². The topological polar surface area (TPSA) is 21.3 Å². The molecule has 20 heavy (non-hydrogen) atoms. The molecule has 0 spiro atoms. The third kappa shape index (κ3) is 4.68. The quantitative estimate of drug-likeness (QED) is 0.663. The highest BCUT2D eigenvalue weighted by Crippen LogP contribution is 2.33. The van der Waals surface area contributed by atoms with Gasteiger partial charge in [0, 0.05) is 25.7 Å².